The third-order valence-corrected chi connectivity index (χ3v) is 1.70. The molecule has 3 N–H and O–H groups in total. The van der Waals surface area contributed by atoms with Crippen LogP contribution in [0.1, 0.15) is 12.0 Å². The third kappa shape index (κ3) is 3.44. The van der Waals surface area contributed by atoms with Gasteiger partial charge in [-0.1, -0.05) is 12.1 Å². The first-order chi connectivity index (χ1) is 6.36. The number of hydrogen-bond donors (Lipinski definition) is 2. The lowest BCUT2D eigenvalue weighted by atomic mass is 10.2. The Balaban J connectivity index is 2.46. The Bertz CT molecular complexity index is 250. The highest BCUT2D eigenvalue weighted by atomic mass is 16.5. The maximum absolute atomic E-state index is 8.86. The van der Waals surface area contributed by atoms with Crippen molar-refractivity contribution in [2.45, 2.75) is 13.0 Å². The Morgan fingerprint density at radius 2 is 2.23 bits per heavy atom. The molecule has 0 bridgehead atoms. The molecule has 0 spiro atoms. The van der Waals surface area contributed by atoms with Crippen molar-refractivity contribution in [2.75, 3.05) is 13.2 Å². The first-order valence-electron chi connectivity index (χ1n) is 4.39. The minimum Gasteiger partial charge on any atom is -0.494 e. The second-order valence-corrected chi connectivity index (χ2v) is 2.80. The van der Waals surface area contributed by atoms with E-state index in [2.05, 4.69) is 0 Å². The average Bonchev–Trinajstić information content (AvgIpc) is 2.19. The van der Waals surface area contributed by atoms with Gasteiger partial charge in [0.1, 0.15) is 5.75 Å². The van der Waals surface area contributed by atoms with E-state index in [0.29, 0.717) is 13.2 Å². The van der Waals surface area contributed by atoms with Crippen molar-refractivity contribution in [3.63, 3.8) is 0 Å². The monoisotopic (exact) mass is 181 g/mol. The van der Waals surface area contributed by atoms with Crippen LogP contribution < -0.4 is 10.5 Å². The van der Waals surface area contributed by atoms with Gasteiger partial charge in [0, 0.05) is 0 Å². The zero-order chi connectivity index (χ0) is 9.52. The van der Waals surface area contributed by atoms with Gasteiger partial charge in [-0.2, -0.15) is 0 Å². The molecule has 1 aromatic rings. The number of ether oxygens (including phenoxy) is 1. The fraction of sp³-hybridized carbons (Fsp3) is 0.400. The molecule has 13 heavy (non-hydrogen) atoms. The van der Waals surface area contributed by atoms with Crippen LogP contribution in [-0.2, 0) is 6.61 Å². The lowest BCUT2D eigenvalue weighted by Gasteiger charge is -2.05. The molecule has 0 aliphatic rings. The predicted molar refractivity (Wildman–Crippen MR) is 51.5 cm³/mol. The van der Waals surface area contributed by atoms with Crippen LogP contribution in [0.3, 0.4) is 0 Å². The molecule has 0 saturated carbocycles. The van der Waals surface area contributed by atoms with Crippen LogP contribution in [0.5, 0.6) is 5.75 Å². The third-order valence-electron chi connectivity index (χ3n) is 1.70. The standard InChI is InChI=1S/C10H15NO2/c11-5-2-6-13-10-4-1-3-9(7-10)8-12/h1,3-4,7,12H,2,5-6,8,11H2. The second-order valence-electron chi connectivity index (χ2n) is 2.80. The Kier molecular flexibility index (Phi) is 4.29. The van der Waals surface area contributed by atoms with Crippen LogP contribution in [0.2, 0.25) is 0 Å². The van der Waals surface area contributed by atoms with Crippen LogP contribution in [0.15, 0.2) is 24.3 Å². The Morgan fingerprint density at radius 1 is 1.38 bits per heavy atom. The fourth-order valence-corrected chi connectivity index (χ4v) is 1.01. The zero-order valence-corrected chi connectivity index (χ0v) is 7.57. The largest absolute Gasteiger partial charge is 0.494 e. The van der Waals surface area contributed by atoms with Crippen LogP contribution in [0.25, 0.3) is 0 Å². The summed E-state index contributed by atoms with van der Waals surface area (Å²) < 4.78 is 5.40. The predicted octanol–water partition coefficient (Wildman–Crippen LogP) is 0.907. The molecule has 0 atom stereocenters. The number of nitrogens with two attached hydrogens (primary N) is 1. The molecular formula is C10H15NO2. The summed E-state index contributed by atoms with van der Waals surface area (Å²) in [6.45, 7) is 1.32. The Labute approximate surface area is 78.1 Å². The van der Waals surface area contributed by atoms with E-state index in [1.807, 2.05) is 24.3 Å². The molecule has 3 heteroatoms. The molecule has 3 nitrogen and oxygen atoms in total. The highest BCUT2D eigenvalue weighted by Crippen LogP contribution is 2.13. The number of aliphatic hydroxyl groups is 1. The topological polar surface area (TPSA) is 55.5 Å². The van der Waals surface area contributed by atoms with Gasteiger partial charge >= 0.3 is 0 Å². The van der Waals surface area contributed by atoms with E-state index in [-0.39, 0.29) is 6.61 Å². The van der Waals surface area contributed by atoms with Gasteiger partial charge in [0.05, 0.1) is 13.2 Å². The van der Waals surface area contributed by atoms with Gasteiger partial charge in [-0.25, -0.2) is 0 Å². The molecule has 0 unspecified atom stereocenters. The van der Waals surface area contributed by atoms with E-state index in [9.17, 15) is 0 Å². The van der Waals surface area contributed by atoms with E-state index in [0.717, 1.165) is 17.7 Å². The molecule has 0 radical (unpaired) electrons. The van der Waals surface area contributed by atoms with E-state index in [1.165, 1.54) is 0 Å². The highest BCUT2D eigenvalue weighted by Gasteiger charge is 1.94. The lowest BCUT2D eigenvalue weighted by molar-refractivity contribution is 0.279. The summed E-state index contributed by atoms with van der Waals surface area (Å²) in [7, 11) is 0. The molecule has 0 amide bonds. The lowest BCUT2D eigenvalue weighted by Crippen LogP contribution is -2.06. The maximum atomic E-state index is 8.86. The highest BCUT2D eigenvalue weighted by molar-refractivity contribution is 5.27. The smallest absolute Gasteiger partial charge is 0.119 e. The number of benzene rings is 1. The van der Waals surface area contributed by atoms with Gasteiger partial charge in [-0.3, -0.25) is 0 Å². The van der Waals surface area contributed by atoms with Crippen LogP contribution in [0, 0.1) is 0 Å². The van der Waals surface area contributed by atoms with E-state index in [4.69, 9.17) is 15.6 Å². The van der Waals surface area contributed by atoms with Crippen molar-refractivity contribution in [3.8, 4) is 5.75 Å². The summed E-state index contributed by atoms with van der Waals surface area (Å²) in [5, 5.41) is 8.86. The molecule has 0 heterocycles. The van der Waals surface area contributed by atoms with Crippen molar-refractivity contribution in [1.29, 1.82) is 0 Å². The van der Waals surface area contributed by atoms with Gasteiger partial charge in [0.25, 0.3) is 0 Å². The minimum atomic E-state index is 0.0497. The van der Waals surface area contributed by atoms with E-state index >= 15 is 0 Å². The first-order valence-corrected chi connectivity index (χ1v) is 4.39. The summed E-state index contributed by atoms with van der Waals surface area (Å²) >= 11 is 0. The van der Waals surface area contributed by atoms with Crippen molar-refractivity contribution >= 4 is 0 Å². The molecule has 0 aliphatic carbocycles. The molecular weight excluding hydrogens is 166 g/mol. The normalized spacial score (nSPS) is 10.0. The SMILES string of the molecule is NCCCOc1cccc(CO)c1. The van der Waals surface area contributed by atoms with Gasteiger partial charge in [-0.05, 0) is 30.7 Å². The number of rotatable bonds is 5. The number of hydrogen-bond acceptors (Lipinski definition) is 3. The van der Waals surface area contributed by atoms with Crippen LogP contribution in [-0.4, -0.2) is 18.3 Å². The molecule has 0 aromatic heterocycles. The quantitative estimate of drug-likeness (QED) is 0.664. The summed E-state index contributed by atoms with van der Waals surface area (Å²) in [5.74, 6) is 0.792. The molecule has 72 valence electrons. The van der Waals surface area contributed by atoms with Gasteiger partial charge < -0.3 is 15.6 Å². The average molecular weight is 181 g/mol. The summed E-state index contributed by atoms with van der Waals surface area (Å²) in [6.07, 6.45) is 0.851. The summed E-state index contributed by atoms with van der Waals surface area (Å²) in [6, 6.07) is 7.42. The molecule has 0 aliphatic heterocycles. The van der Waals surface area contributed by atoms with E-state index in [1.54, 1.807) is 0 Å². The summed E-state index contributed by atoms with van der Waals surface area (Å²) in [5.41, 5.74) is 6.19. The van der Waals surface area contributed by atoms with Crippen molar-refractivity contribution in [1.82, 2.24) is 0 Å². The molecule has 0 saturated heterocycles. The van der Waals surface area contributed by atoms with Crippen molar-refractivity contribution < 1.29 is 9.84 Å². The van der Waals surface area contributed by atoms with Crippen molar-refractivity contribution in [2.24, 2.45) is 5.73 Å². The van der Waals surface area contributed by atoms with Gasteiger partial charge in [0.2, 0.25) is 0 Å². The van der Waals surface area contributed by atoms with Crippen molar-refractivity contribution in [3.05, 3.63) is 29.8 Å². The van der Waals surface area contributed by atoms with Gasteiger partial charge in [0.15, 0.2) is 0 Å². The second kappa shape index (κ2) is 5.56. The first kappa shape index (κ1) is 10.0. The minimum absolute atomic E-state index is 0.0497. The Morgan fingerprint density at radius 3 is 2.92 bits per heavy atom. The molecule has 1 rings (SSSR count). The van der Waals surface area contributed by atoms with Crippen LogP contribution in [0.4, 0.5) is 0 Å². The fourth-order valence-electron chi connectivity index (χ4n) is 1.01. The summed E-state index contributed by atoms with van der Waals surface area (Å²) in [4.78, 5) is 0. The molecule has 1 aromatic carbocycles. The number of aliphatic hydroxyl groups excluding tert-OH is 1. The van der Waals surface area contributed by atoms with Gasteiger partial charge in [-0.15, -0.1) is 0 Å². The maximum Gasteiger partial charge on any atom is 0.119 e. The van der Waals surface area contributed by atoms with Crippen LogP contribution >= 0.6 is 0 Å². The Hall–Kier alpha value is -1.06. The molecule has 0 fully saturated rings. The van der Waals surface area contributed by atoms with E-state index < -0.39 is 0 Å². The zero-order valence-electron chi connectivity index (χ0n) is 7.57.